The normalized spacial score (nSPS) is 16.2. The Hall–Kier alpha value is -3.79. The fourth-order valence-electron chi connectivity index (χ4n) is 5.13. The molecule has 202 valence electrons. The average Bonchev–Trinajstić information content (AvgIpc) is 3.27. The van der Waals surface area contributed by atoms with Gasteiger partial charge >= 0.3 is 0 Å². The van der Waals surface area contributed by atoms with Crippen molar-refractivity contribution in [2.45, 2.75) is 44.2 Å². The number of hydrogen-bond donors (Lipinski definition) is 0. The number of alkyl halides is 2. The monoisotopic (exact) mass is 558 g/mol. The number of nitrogens with zero attached hydrogens (tertiary/aromatic N) is 4. The third kappa shape index (κ3) is 5.52. The third-order valence-electron chi connectivity index (χ3n) is 7.10. The van der Waals surface area contributed by atoms with Gasteiger partial charge in [0, 0.05) is 35.6 Å². The summed E-state index contributed by atoms with van der Waals surface area (Å²) < 4.78 is 58.4. The van der Waals surface area contributed by atoms with Gasteiger partial charge in [-0.1, -0.05) is 41.9 Å². The Morgan fingerprint density at radius 3 is 2.33 bits per heavy atom. The number of fused-ring (bicyclic) bond motifs is 1. The lowest BCUT2D eigenvalue weighted by Crippen LogP contribution is -2.40. The summed E-state index contributed by atoms with van der Waals surface area (Å²) in [6, 6.07) is 15.7. The molecule has 1 aromatic heterocycles. The minimum atomic E-state index is -2.89. The lowest BCUT2D eigenvalue weighted by atomic mass is 9.81. The van der Waals surface area contributed by atoms with Crippen molar-refractivity contribution in [1.29, 1.82) is 0 Å². The van der Waals surface area contributed by atoms with Gasteiger partial charge in [-0.05, 0) is 48.6 Å². The zero-order valence-corrected chi connectivity index (χ0v) is 21.3. The molecule has 0 saturated heterocycles. The van der Waals surface area contributed by atoms with E-state index in [2.05, 4.69) is 10.3 Å². The molecule has 1 amide bonds. The van der Waals surface area contributed by atoms with Gasteiger partial charge in [0.25, 0.3) is 5.91 Å². The summed E-state index contributed by atoms with van der Waals surface area (Å²) in [5.41, 5.74) is 1.25. The number of rotatable bonds is 7. The van der Waals surface area contributed by atoms with Crippen LogP contribution in [-0.4, -0.2) is 26.4 Å². The summed E-state index contributed by atoms with van der Waals surface area (Å²) in [4.78, 5) is 30.5. The van der Waals surface area contributed by atoms with Crippen molar-refractivity contribution in [2.75, 3.05) is 0 Å². The maximum absolute atomic E-state index is 14.5. The van der Waals surface area contributed by atoms with Crippen molar-refractivity contribution in [2.24, 2.45) is 11.2 Å². The fraction of sp³-hybridized carbons (Fsp3) is 0.286. The molecule has 0 aliphatic heterocycles. The molecule has 0 N–H and O–H groups in total. The number of carbonyl (C=O) groups is 1. The van der Waals surface area contributed by atoms with Crippen molar-refractivity contribution < 1.29 is 22.4 Å². The average molecular weight is 559 g/mol. The topological polar surface area (TPSA) is 67.6 Å². The van der Waals surface area contributed by atoms with Crippen LogP contribution in [0.3, 0.4) is 0 Å². The molecule has 0 spiro atoms. The predicted molar refractivity (Wildman–Crippen MR) is 139 cm³/mol. The van der Waals surface area contributed by atoms with Crippen molar-refractivity contribution in [3.63, 3.8) is 0 Å². The molecular weight excluding hydrogens is 536 g/mol. The van der Waals surface area contributed by atoms with Crippen molar-refractivity contribution in [3.8, 4) is 11.4 Å². The smallest absolute Gasteiger partial charge is 0.268 e. The molecule has 3 aromatic carbocycles. The van der Waals surface area contributed by atoms with Gasteiger partial charge in [0.1, 0.15) is 11.9 Å². The van der Waals surface area contributed by atoms with E-state index in [9.17, 15) is 27.3 Å². The summed E-state index contributed by atoms with van der Waals surface area (Å²) in [7, 11) is 0. The lowest BCUT2D eigenvalue weighted by Gasteiger charge is -2.35. The minimum absolute atomic E-state index is 0.0369. The van der Waals surface area contributed by atoms with Crippen LogP contribution in [0.5, 0.6) is 0 Å². The molecule has 4 aromatic rings. The maximum Gasteiger partial charge on any atom is 0.268 e. The molecule has 1 heterocycles. The molecule has 1 saturated carbocycles. The van der Waals surface area contributed by atoms with Crippen molar-refractivity contribution >= 4 is 28.5 Å². The van der Waals surface area contributed by atoms with E-state index in [0.717, 1.165) is 17.1 Å². The highest BCUT2D eigenvalue weighted by molar-refractivity contribution is 6.30. The first-order chi connectivity index (χ1) is 18.7. The SMILES string of the molecule is O=NN(Cc1ccccc1)C(=O)C(C1CCC(F)(F)CC1)n1c(-c2ccc(Cl)cc2)nc2cc(F)c(F)cc21. The van der Waals surface area contributed by atoms with Gasteiger partial charge in [-0.15, -0.1) is 4.91 Å². The summed E-state index contributed by atoms with van der Waals surface area (Å²) in [6.45, 7) is -0.158. The molecule has 11 heteroatoms. The molecule has 1 aliphatic carbocycles. The molecule has 6 nitrogen and oxygen atoms in total. The van der Waals surface area contributed by atoms with E-state index in [0.29, 0.717) is 16.1 Å². The van der Waals surface area contributed by atoms with Gasteiger partial charge in [-0.25, -0.2) is 22.5 Å². The minimum Gasteiger partial charge on any atom is -0.311 e. The molecule has 1 fully saturated rings. The van der Waals surface area contributed by atoms with E-state index in [4.69, 9.17) is 11.6 Å². The molecule has 5 rings (SSSR count). The number of benzene rings is 3. The Kier molecular flexibility index (Phi) is 7.40. The number of amides is 1. The molecule has 1 unspecified atom stereocenters. The first kappa shape index (κ1) is 26.8. The number of halogens is 5. The van der Waals surface area contributed by atoms with E-state index in [1.807, 2.05) is 0 Å². The summed E-state index contributed by atoms with van der Waals surface area (Å²) >= 11 is 6.05. The van der Waals surface area contributed by atoms with Crippen LogP contribution in [-0.2, 0) is 11.3 Å². The van der Waals surface area contributed by atoms with E-state index < -0.39 is 48.3 Å². The molecule has 1 atom stereocenters. The second-order valence-electron chi connectivity index (χ2n) is 9.67. The van der Waals surface area contributed by atoms with Crippen LogP contribution in [0.1, 0.15) is 37.3 Å². The molecule has 0 bridgehead atoms. The van der Waals surface area contributed by atoms with Crippen LogP contribution in [0.25, 0.3) is 22.4 Å². The first-order valence-electron chi connectivity index (χ1n) is 12.4. The molecule has 39 heavy (non-hydrogen) atoms. The highest BCUT2D eigenvalue weighted by Crippen LogP contribution is 2.44. The van der Waals surface area contributed by atoms with Gasteiger partial charge < -0.3 is 4.57 Å². The Labute approximate surface area is 226 Å². The Balaban J connectivity index is 1.69. The zero-order chi connectivity index (χ0) is 27.7. The Morgan fingerprint density at radius 2 is 1.69 bits per heavy atom. The van der Waals surface area contributed by atoms with Gasteiger partial charge in [0.05, 0.1) is 22.9 Å². The number of carbonyl (C=O) groups excluding carboxylic acids is 1. The quantitative estimate of drug-likeness (QED) is 0.132. The molecular formula is C28H23ClF4N4O2. The Morgan fingerprint density at radius 1 is 1.05 bits per heavy atom. The van der Waals surface area contributed by atoms with Crippen LogP contribution in [0, 0.1) is 22.5 Å². The van der Waals surface area contributed by atoms with Crippen LogP contribution in [0.2, 0.25) is 5.02 Å². The zero-order valence-electron chi connectivity index (χ0n) is 20.5. The number of nitroso groups, excluding NO2 is 1. The first-order valence-corrected chi connectivity index (χ1v) is 12.7. The fourth-order valence-corrected chi connectivity index (χ4v) is 5.26. The van der Waals surface area contributed by atoms with Gasteiger partial charge in [0.2, 0.25) is 5.92 Å². The molecule has 0 radical (unpaired) electrons. The van der Waals surface area contributed by atoms with E-state index in [1.165, 1.54) is 4.57 Å². The number of hydrogen-bond acceptors (Lipinski definition) is 4. The van der Waals surface area contributed by atoms with Gasteiger partial charge in [-0.2, -0.15) is 5.01 Å². The third-order valence-corrected chi connectivity index (χ3v) is 7.35. The standard InChI is InChI=1S/C28H23ClF4N4O2/c29-20-8-6-19(7-9-20)26-34-23-14-21(30)22(31)15-24(23)37(26)25(18-10-12-28(32,33)13-11-18)27(38)36(35-39)16-17-4-2-1-3-5-17/h1-9,14-15,18,25H,10-13,16H2. The maximum atomic E-state index is 14.5. The number of imidazole rings is 1. The van der Waals surface area contributed by atoms with E-state index in [-0.39, 0.29) is 36.2 Å². The summed E-state index contributed by atoms with van der Waals surface area (Å²) in [5.74, 6) is -6.43. The van der Waals surface area contributed by atoms with Gasteiger partial charge in [0.15, 0.2) is 11.6 Å². The van der Waals surface area contributed by atoms with Crippen LogP contribution < -0.4 is 0 Å². The summed E-state index contributed by atoms with van der Waals surface area (Å²) in [5, 5.41) is 4.13. The van der Waals surface area contributed by atoms with Crippen molar-refractivity contribution in [1.82, 2.24) is 14.6 Å². The highest BCUT2D eigenvalue weighted by atomic mass is 35.5. The van der Waals surface area contributed by atoms with E-state index >= 15 is 0 Å². The highest BCUT2D eigenvalue weighted by Gasteiger charge is 2.43. The van der Waals surface area contributed by atoms with Crippen LogP contribution >= 0.6 is 11.6 Å². The lowest BCUT2D eigenvalue weighted by molar-refractivity contribution is -0.139. The largest absolute Gasteiger partial charge is 0.311 e. The van der Waals surface area contributed by atoms with Crippen molar-refractivity contribution in [3.05, 3.63) is 93.9 Å². The number of aromatic nitrogens is 2. The second-order valence-corrected chi connectivity index (χ2v) is 10.1. The second kappa shape index (κ2) is 10.8. The van der Waals surface area contributed by atoms with Gasteiger partial charge in [-0.3, -0.25) is 4.79 Å². The van der Waals surface area contributed by atoms with Crippen LogP contribution in [0.4, 0.5) is 17.6 Å². The Bertz CT molecular complexity index is 1500. The van der Waals surface area contributed by atoms with E-state index in [1.54, 1.807) is 54.6 Å². The summed E-state index contributed by atoms with van der Waals surface area (Å²) in [6.07, 6.45) is -0.989. The predicted octanol–water partition coefficient (Wildman–Crippen LogP) is 7.71. The molecule has 1 aliphatic rings. The van der Waals surface area contributed by atoms with Crippen LogP contribution in [0.15, 0.2) is 72.0 Å².